The second-order valence-corrected chi connectivity index (χ2v) is 7.50. The molecule has 0 spiro atoms. The molecule has 6 heteroatoms. The number of sulfonamides is 1. The van der Waals surface area contributed by atoms with E-state index in [-0.39, 0.29) is 21.4 Å². The number of aromatic carboxylic acids is 1. The second-order valence-electron chi connectivity index (χ2n) is 5.77. The Balaban J connectivity index is 2.24. The van der Waals surface area contributed by atoms with Gasteiger partial charge in [-0.2, -0.15) is 0 Å². The zero-order chi connectivity index (χ0) is 15.7. The number of hydrogen-bond acceptors (Lipinski definition) is 3. The fourth-order valence-corrected chi connectivity index (χ4v) is 4.22. The molecule has 21 heavy (non-hydrogen) atoms. The van der Waals surface area contributed by atoms with Crippen molar-refractivity contribution in [3.8, 4) is 0 Å². The van der Waals surface area contributed by atoms with E-state index in [9.17, 15) is 13.2 Å². The first-order valence-corrected chi connectivity index (χ1v) is 8.62. The molecular weight excluding hydrogens is 290 g/mol. The molecule has 1 aliphatic rings. The highest BCUT2D eigenvalue weighted by molar-refractivity contribution is 7.89. The van der Waals surface area contributed by atoms with E-state index in [1.54, 1.807) is 0 Å². The van der Waals surface area contributed by atoms with E-state index in [0.717, 1.165) is 25.7 Å². The Kier molecular flexibility index (Phi) is 4.39. The number of carboxylic acid groups (broad SMARTS) is 1. The molecule has 2 rings (SSSR count). The average Bonchev–Trinajstić information content (AvgIpc) is 2.37. The van der Waals surface area contributed by atoms with Crippen LogP contribution in [0.4, 0.5) is 0 Å². The van der Waals surface area contributed by atoms with Gasteiger partial charge in [0.2, 0.25) is 10.0 Å². The number of hydrogen-bond donors (Lipinski definition) is 2. The Labute approximate surface area is 125 Å². The summed E-state index contributed by atoms with van der Waals surface area (Å²) in [4.78, 5) is 11.2. The van der Waals surface area contributed by atoms with Crippen LogP contribution in [0.2, 0.25) is 0 Å². The standard InChI is InChI=1S/C15H21NO4S/c1-3-15(8-5-9-15)10-16-21(19,20)13-7-4-6-12(11(13)2)14(17)18/h4,6-7,16H,3,5,8-10H2,1-2H3,(H,17,18). The molecule has 0 amide bonds. The number of carboxylic acids is 1. The summed E-state index contributed by atoms with van der Waals surface area (Å²) in [6, 6.07) is 4.32. The Morgan fingerprint density at radius 1 is 1.38 bits per heavy atom. The van der Waals surface area contributed by atoms with Crippen molar-refractivity contribution in [2.24, 2.45) is 5.41 Å². The lowest BCUT2D eigenvalue weighted by Crippen LogP contribution is -2.41. The van der Waals surface area contributed by atoms with Gasteiger partial charge in [0.25, 0.3) is 0 Å². The summed E-state index contributed by atoms with van der Waals surface area (Å²) in [7, 11) is -3.68. The highest BCUT2D eigenvalue weighted by Crippen LogP contribution is 2.43. The van der Waals surface area contributed by atoms with Crippen LogP contribution in [0, 0.1) is 12.3 Å². The van der Waals surface area contributed by atoms with E-state index in [4.69, 9.17) is 5.11 Å². The highest BCUT2D eigenvalue weighted by Gasteiger charge is 2.36. The van der Waals surface area contributed by atoms with Gasteiger partial charge in [0.1, 0.15) is 0 Å². The minimum atomic E-state index is -3.68. The molecule has 0 atom stereocenters. The number of rotatable bonds is 6. The monoisotopic (exact) mass is 311 g/mol. The molecule has 1 fully saturated rings. The van der Waals surface area contributed by atoms with E-state index < -0.39 is 16.0 Å². The lowest BCUT2D eigenvalue weighted by molar-refractivity contribution is 0.0696. The number of nitrogens with one attached hydrogen (secondary N) is 1. The van der Waals surface area contributed by atoms with Gasteiger partial charge in [-0.05, 0) is 49.3 Å². The van der Waals surface area contributed by atoms with Crippen LogP contribution in [0.1, 0.15) is 48.5 Å². The van der Waals surface area contributed by atoms with Crippen molar-refractivity contribution in [3.05, 3.63) is 29.3 Å². The summed E-state index contributed by atoms with van der Waals surface area (Å²) < 4.78 is 27.5. The van der Waals surface area contributed by atoms with Crippen LogP contribution < -0.4 is 4.72 Å². The Hall–Kier alpha value is -1.40. The molecule has 0 unspecified atom stereocenters. The van der Waals surface area contributed by atoms with E-state index in [2.05, 4.69) is 11.6 Å². The number of benzene rings is 1. The normalized spacial score (nSPS) is 17.2. The molecule has 1 aliphatic carbocycles. The van der Waals surface area contributed by atoms with Crippen molar-refractivity contribution in [2.45, 2.75) is 44.4 Å². The molecule has 0 saturated heterocycles. The van der Waals surface area contributed by atoms with Gasteiger partial charge >= 0.3 is 5.97 Å². The minimum absolute atomic E-state index is 0.0201. The van der Waals surface area contributed by atoms with Gasteiger partial charge in [-0.1, -0.05) is 19.4 Å². The molecule has 1 aromatic carbocycles. The second kappa shape index (κ2) is 5.77. The van der Waals surface area contributed by atoms with Crippen molar-refractivity contribution in [1.82, 2.24) is 4.72 Å². The maximum Gasteiger partial charge on any atom is 0.335 e. The van der Waals surface area contributed by atoms with Crippen molar-refractivity contribution < 1.29 is 18.3 Å². The third kappa shape index (κ3) is 3.11. The quantitative estimate of drug-likeness (QED) is 0.845. The van der Waals surface area contributed by atoms with Gasteiger partial charge in [-0.25, -0.2) is 17.9 Å². The minimum Gasteiger partial charge on any atom is -0.478 e. The summed E-state index contributed by atoms with van der Waals surface area (Å²) in [6.07, 6.45) is 4.17. The molecule has 0 aliphatic heterocycles. The molecule has 0 heterocycles. The Morgan fingerprint density at radius 2 is 2.05 bits per heavy atom. The van der Waals surface area contributed by atoms with Gasteiger partial charge in [0, 0.05) is 6.54 Å². The van der Waals surface area contributed by atoms with Crippen LogP contribution in [-0.2, 0) is 10.0 Å². The molecule has 0 radical (unpaired) electrons. The van der Waals surface area contributed by atoms with Crippen molar-refractivity contribution in [3.63, 3.8) is 0 Å². The van der Waals surface area contributed by atoms with Crippen LogP contribution in [0.15, 0.2) is 23.1 Å². The smallest absolute Gasteiger partial charge is 0.335 e. The van der Waals surface area contributed by atoms with Gasteiger partial charge in [0.05, 0.1) is 10.5 Å². The molecule has 1 saturated carbocycles. The zero-order valence-corrected chi connectivity index (χ0v) is 13.2. The maximum atomic E-state index is 12.4. The predicted molar refractivity (Wildman–Crippen MR) is 79.9 cm³/mol. The SMILES string of the molecule is CCC1(CNS(=O)(=O)c2cccc(C(=O)O)c2C)CCC1. The molecule has 0 aromatic heterocycles. The van der Waals surface area contributed by atoms with Gasteiger partial charge < -0.3 is 5.11 Å². The topological polar surface area (TPSA) is 83.5 Å². The lowest BCUT2D eigenvalue weighted by Gasteiger charge is -2.41. The zero-order valence-electron chi connectivity index (χ0n) is 12.3. The van der Waals surface area contributed by atoms with Crippen LogP contribution in [0.5, 0.6) is 0 Å². The van der Waals surface area contributed by atoms with Crippen molar-refractivity contribution in [2.75, 3.05) is 6.54 Å². The predicted octanol–water partition coefficient (Wildman–Crippen LogP) is 2.55. The van der Waals surface area contributed by atoms with Gasteiger partial charge in [-0.3, -0.25) is 0 Å². The van der Waals surface area contributed by atoms with Crippen LogP contribution in [0.3, 0.4) is 0 Å². The van der Waals surface area contributed by atoms with Crippen LogP contribution in [-0.4, -0.2) is 26.0 Å². The van der Waals surface area contributed by atoms with Crippen LogP contribution >= 0.6 is 0 Å². The van der Waals surface area contributed by atoms with Crippen molar-refractivity contribution >= 4 is 16.0 Å². The number of carbonyl (C=O) groups is 1. The largest absolute Gasteiger partial charge is 0.478 e. The first kappa shape index (κ1) is 16.0. The average molecular weight is 311 g/mol. The van der Waals surface area contributed by atoms with Crippen molar-refractivity contribution in [1.29, 1.82) is 0 Å². The molecule has 0 bridgehead atoms. The van der Waals surface area contributed by atoms with Gasteiger partial charge in [-0.15, -0.1) is 0 Å². The van der Waals surface area contributed by atoms with Gasteiger partial charge in [0.15, 0.2) is 0 Å². The summed E-state index contributed by atoms with van der Waals surface area (Å²) in [5.74, 6) is -1.12. The third-order valence-electron chi connectivity index (χ3n) is 4.61. The molecule has 1 aromatic rings. The van der Waals surface area contributed by atoms with Crippen LogP contribution in [0.25, 0.3) is 0 Å². The fourth-order valence-electron chi connectivity index (χ4n) is 2.80. The first-order valence-electron chi connectivity index (χ1n) is 7.14. The first-order chi connectivity index (χ1) is 9.81. The molecule has 5 nitrogen and oxygen atoms in total. The molecule has 116 valence electrons. The summed E-state index contributed by atoms with van der Waals surface area (Å²) in [6.45, 7) is 4.02. The highest BCUT2D eigenvalue weighted by atomic mass is 32.2. The maximum absolute atomic E-state index is 12.4. The summed E-state index contributed by atoms with van der Waals surface area (Å²) in [5.41, 5.74) is 0.370. The molecular formula is C15H21NO4S. The van der Waals surface area contributed by atoms with E-state index >= 15 is 0 Å². The van der Waals surface area contributed by atoms with E-state index in [1.807, 2.05) is 0 Å². The third-order valence-corrected chi connectivity index (χ3v) is 6.15. The Morgan fingerprint density at radius 3 is 2.52 bits per heavy atom. The summed E-state index contributed by atoms with van der Waals surface area (Å²) in [5, 5.41) is 9.08. The fraction of sp³-hybridized carbons (Fsp3) is 0.533. The summed E-state index contributed by atoms with van der Waals surface area (Å²) >= 11 is 0. The van der Waals surface area contributed by atoms with E-state index in [0.29, 0.717) is 6.54 Å². The lowest BCUT2D eigenvalue weighted by atomic mass is 9.67. The molecule has 2 N–H and O–H groups in total. The Bertz CT molecular complexity index is 642. The van der Waals surface area contributed by atoms with E-state index in [1.165, 1.54) is 25.1 Å².